The lowest BCUT2D eigenvalue weighted by Gasteiger charge is -2.07. The van der Waals surface area contributed by atoms with Crippen LogP contribution in [0.15, 0.2) is 78.9 Å². The van der Waals surface area contributed by atoms with E-state index in [4.69, 9.17) is 9.47 Å². The summed E-state index contributed by atoms with van der Waals surface area (Å²) in [7, 11) is 1.57. The second-order valence-electron chi connectivity index (χ2n) is 6.51. The van der Waals surface area contributed by atoms with Crippen LogP contribution >= 0.6 is 0 Å². The Morgan fingerprint density at radius 3 is 2.10 bits per heavy atom. The zero-order chi connectivity index (χ0) is 21.3. The maximum absolute atomic E-state index is 12.3. The third-order valence-corrected chi connectivity index (χ3v) is 4.37. The molecule has 0 aromatic heterocycles. The molecule has 1 N–H and O–H groups in total. The number of hydrogen-bond acceptors (Lipinski definition) is 5. The van der Waals surface area contributed by atoms with Gasteiger partial charge in [-0.1, -0.05) is 30.3 Å². The second kappa shape index (κ2) is 10.0. The minimum Gasteiger partial charge on any atom is -0.497 e. The first kappa shape index (κ1) is 20.8. The van der Waals surface area contributed by atoms with E-state index in [2.05, 4.69) is 5.32 Å². The molecule has 6 heteroatoms. The van der Waals surface area contributed by atoms with Crippen molar-refractivity contribution in [1.82, 2.24) is 0 Å². The van der Waals surface area contributed by atoms with Crippen LogP contribution in [0, 0.1) is 0 Å². The number of carbonyl (C=O) groups excluding carboxylic acids is 3. The number of carbonyl (C=O) groups is 3. The molecule has 0 saturated heterocycles. The zero-order valence-corrected chi connectivity index (χ0v) is 16.5. The molecule has 0 aliphatic rings. The maximum atomic E-state index is 12.3. The summed E-state index contributed by atoms with van der Waals surface area (Å²) in [6, 6.07) is 22.3. The number of ketones is 1. The standard InChI is InChI=1S/C24H21NO5/c1-29-21-13-7-17(8-14-21)15-23(27)30-16-22(26)18-9-11-20(12-10-18)25-24(28)19-5-3-2-4-6-19/h2-14H,15-16H2,1H3,(H,25,28). The number of ether oxygens (including phenoxy) is 2. The minimum atomic E-state index is -0.486. The van der Waals surface area contributed by atoms with Gasteiger partial charge in [-0.15, -0.1) is 0 Å². The molecular weight excluding hydrogens is 382 g/mol. The van der Waals surface area contributed by atoms with Crippen molar-refractivity contribution in [1.29, 1.82) is 0 Å². The molecule has 0 heterocycles. The second-order valence-corrected chi connectivity index (χ2v) is 6.51. The molecule has 0 saturated carbocycles. The van der Waals surface area contributed by atoms with Crippen molar-refractivity contribution >= 4 is 23.3 Å². The number of benzene rings is 3. The minimum absolute atomic E-state index is 0.0712. The van der Waals surface area contributed by atoms with Gasteiger partial charge < -0.3 is 14.8 Å². The van der Waals surface area contributed by atoms with Crippen molar-refractivity contribution in [3.8, 4) is 5.75 Å². The third-order valence-electron chi connectivity index (χ3n) is 4.37. The Kier molecular flexibility index (Phi) is 6.95. The Hall–Kier alpha value is -3.93. The highest BCUT2D eigenvalue weighted by Gasteiger charge is 2.12. The normalized spacial score (nSPS) is 10.2. The van der Waals surface area contributed by atoms with Crippen LogP contribution in [0.4, 0.5) is 5.69 Å². The molecule has 3 aromatic carbocycles. The van der Waals surface area contributed by atoms with Gasteiger partial charge in [0.2, 0.25) is 0 Å². The fourth-order valence-electron chi connectivity index (χ4n) is 2.72. The highest BCUT2D eigenvalue weighted by Crippen LogP contribution is 2.14. The average molecular weight is 403 g/mol. The molecule has 0 radical (unpaired) electrons. The molecule has 152 valence electrons. The van der Waals surface area contributed by atoms with E-state index < -0.39 is 5.97 Å². The van der Waals surface area contributed by atoms with Crippen LogP contribution in [0.2, 0.25) is 0 Å². The van der Waals surface area contributed by atoms with Crippen LogP contribution in [-0.2, 0) is 16.0 Å². The topological polar surface area (TPSA) is 81.7 Å². The van der Waals surface area contributed by atoms with Gasteiger partial charge in [-0.25, -0.2) is 0 Å². The van der Waals surface area contributed by atoms with E-state index in [-0.39, 0.29) is 24.7 Å². The van der Waals surface area contributed by atoms with Gasteiger partial charge in [-0.3, -0.25) is 14.4 Å². The number of rotatable bonds is 8. The van der Waals surface area contributed by atoms with E-state index in [1.165, 1.54) is 0 Å². The summed E-state index contributed by atoms with van der Waals surface area (Å²) in [5.74, 6) is -0.341. The molecule has 3 rings (SSSR count). The first-order valence-corrected chi connectivity index (χ1v) is 9.33. The van der Waals surface area contributed by atoms with Crippen molar-refractivity contribution in [2.24, 2.45) is 0 Å². The van der Waals surface area contributed by atoms with Gasteiger partial charge in [0.15, 0.2) is 12.4 Å². The highest BCUT2D eigenvalue weighted by molar-refractivity contribution is 6.04. The van der Waals surface area contributed by atoms with Crippen LogP contribution < -0.4 is 10.1 Å². The molecule has 0 aliphatic carbocycles. The largest absolute Gasteiger partial charge is 0.497 e. The van der Waals surface area contributed by atoms with Crippen molar-refractivity contribution in [2.45, 2.75) is 6.42 Å². The molecular formula is C24H21NO5. The van der Waals surface area contributed by atoms with Crippen LogP contribution in [-0.4, -0.2) is 31.4 Å². The van der Waals surface area contributed by atoms with Gasteiger partial charge in [0.25, 0.3) is 5.91 Å². The van der Waals surface area contributed by atoms with Gasteiger partial charge in [0.05, 0.1) is 13.5 Å². The quantitative estimate of drug-likeness (QED) is 0.455. The number of Topliss-reactive ketones (excluding diaryl/α,β-unsaturated/α-hetero) is 1. The number of amides is 1. The fourth-order valence-corrected chi connectivity index (χ4v) is 2.72. The molecule has 1 amide bonds. The molecule has 0 aliphatic heterocycles. The molecule has 0 bridgehead atoms. The Morgan fingerprint density at radius 2 is 1.47 bits per heavy atom. The lowest BCUT2D eigenvalue weighted by Crippen LogP contribution is -2.16. The van der Waals surface area contributed by atoms with Gasteiger partial charge >= 0.3 is 5.97 Å². The van der Waals surface area contributed by atoms with Crippen LogP contribution in [0.25, 0.3) is 0 Å². The van der Waals surface area contributed by atoms with Crippen LogP contribution in [0.3, 0.4) is 0 Å². The Labute approximate surface area is 174 Å². The molecule has 3 aromatic rings. The summed E-state index contributed by atoms with van der Waals surface area (Å²) < 4.78 is 10.2. The number of nitrogens with one attached hydrogen (secondary N) is 1. The molecule has 0 fully saturated rings. The van der Waals surface area contributed by atoms with E-state index in [0.29, 0.717) is 22.6 Å². The summed E-state index contributed by atoms with van der Waals surface area (Å²) in [4.78, 5) is 36.4. The fraction of sp³-hybridized carbons (Fsp3) is 0.125. The maximum Gasteiger partial charge on any atom is 0.310 e. The predicted octanol–water partition coefficient (Wildman–Crippen LogP) is 3.92. The number of anilines is 1. The Balaban J connectivity index is 1.49. The molecule has 0 atom stereocenters. The first-order valence-electron chi connectivity index (χ1n) is 9.33. The smallest absolute Gasteiger partial charge is 0.310 e. The number of methoxy groups -OCH3 is 1. The number of esters is 1. The molecule has 30 heavy (non-hydrogen) atoms. The summed E-state index contributed by atoms with van der Waals surface area (Å²) in [5, 5.41) is 2.77. The lowest BCUT2D eigenvalue weighted by molar-refractivity contribution is -0.141. The zero-order valence-electron chi connectivity index (χ0n) is 16.5. The van der Waals surface area contributed by atoms with Crippen molar-refractivity contribution in [3.05, 3.63) is 95.6 Å². The van der Waals surface area contributed by atoms with Gasteiger partial charge in [-0.05, 0) is 54.1 Å². The summed E-state index contributed by atoms with van der Waals surface area (Å²) in [6.07, 6.45) is 0.0712. The SMILES string of the molecule is COc1ccc(CC(=O)OCC(=O)c2ccc(NC(=O)c3ccccc3)cc2)cc1. The van der Waals surface area contributed by atoms with Crippen LogP contribution in [0.1, 0.15) is 26.3 Å². The van der Waals surface area contributed by atoms with Gasteiger partial charge in [0, 0.05) is 16.8 Å². The van der Waals surface area contributed by atoms with E-state index in [0.717, 1.165) is 5.56 Å². The van der Waals surface area contributed by atoms with Crippen molar-refractivity contribution in [3.63, 3.8) is 0 Å². The lowest BCUT2D eigenvalue weighted by atomic mass is 10.1. The average Bonchev–Trinajstić information content (AvgIpc) is 2.79. The van der Waals surface area contributed by atoms with Crippen molar-refractivity contribution < 1.29 is 23.9 Å². The van der Waals surface area contributed by atoms with Gasteiger partial charge in [-0.2, -0.15) is 0 Å². The number of hydrogen-bond donors (Lipinski definition) is 1. The Morgan fingerprint density at radius 1 is 0.800 bits per heavy atom. The van der Waals surface area contributed by atoms with E-state index in [1.807, 2.05) is 6.07 Å². The highest BCUT2D eigenvalue weighted by atomic mass is 16.5. The van der Waals surface area contributed by atoms with E-state index in [9.17, 15) is 14.4 Å². The monoisotopic (exact) mass is 403 g/mol. The molecule has 0 spiro atoms. The van der Waals surface area contributed by atoms with Crippen LogP contribution in [0.5, 0.6) is 5.75 Å². The molecule has 0 unspecified atom stereocenters. The van der Waals surface area contributed by atoms with Crippen molar-refractivity contribution in [2.75, 3.05) is 19.0 Å². The van der Waals surface area contributed by atoms with Gasteiger partial charge in [0.1, 0.15) is 5.75 Å². The predicted molar refractivity (Wildman–Crippen MR) is 113 cm³/mol. The molecule has 6 nitrogen and oxygen atoms in total. The summed E-state index contributed by atoms with van der Waals surface area (Å²) in [6.45, 7) is -0.343. The third kappa shape index (κ3) is 5.78. The van der Waals surface area contributed by atoms with E-state index >= 15 is 0 Å². The first-order chi connectivity index (χ1) is 14.5. The summed E-state index contributed by atoms with van der Waals surface area (Å²) >= 11 is 0. The Bertz CT molecular complexity index is 1010. The van der Waals surface area contributed by atoms with E-state index in [1.54, 1.807) is 79.9 Å². The summed E-state index contributed by atoms with van der Waals surface area (Å²) in [5.41, 5.74) is 2.27.